The summed E-state index contributed by atoms with van der Waals surface area (Å²) in [4.78, 5) is 8.84. The Labute approximate surface area is 156 Å². The van der Waals surface area contributed by atoms with Crippen molar-refractivity contribution in [3.05, 3.63) is 66.7 Å². The minimum Gasteiger partial charge on any atom is -0.497 e. The summed E-state index contributed by atoms with van der Waals surface area (Å²) >= 11 is 0. The van der Waals surface area contributed by atoms with Gasteiger partial charge in [-0.25, -0.2) is 4.98 Å². The second kappa shape index (κ2) is 7.33. The van der Waals surface area contributed by atoms with Crippen LogP contribution in [0.25, 0.3) is 16.8 Å². The number of fused-ring (bicyclic) bond motifs is 1. The van der Waals surface area contributed by atoms with E-state index in [-0.39, 0.29) is 0 Å². The summed E-state index contributed by atoms with van der Waals surface area (Å²) < 4.78 is 12.6. The van der Waals surface area contributed by atoms with E-state index in [0.29, 0.717) is 12.3 Å². The molecule has 0 bridgehead atoms. The van der Waals surface area contributed by atoms with Gasteiger partial charge in [0.25, 0.3) is 0 Å². The van der Waals surface area contributed by atoms with Gasteiger partial charge in [-0.2, -0.15) is 9.61 Å². The second-order valence-corrected chi connectivity index (χ2v) is 5.86. The molecule has 4 aromatic rings. The lowest BCUT2D eigenvalue weighted by Gasteiger charge is -2.10. The van der Waals surface area contributed by atoms with Crippen molar-refractivity contribution in [2.45, 2.75) is 6.54 Å². The van der Waals surface area contributed by atoms with Crippen LogP contribution >= 0.6 is 0 Å². The minimum absolute atomic E-state index is 0.598. The molecule has 0 saturated heterocycles. The maximum Gasteiger partial charge on any atom is 0.165 e. The van der Waals surface area contributed by atoms with Gasteiger partial charge in [0, 0.05) is 24.0 Å². The fraction of sp³-hybridized carbons (Fsp3) is 0.150. The van der Waals surface area contributed by atoms with E-state index in [1.54, 1.807) is 37.3 Å². The predicted octanol–water partition coefficient (Wildman–Crippen LogP) is 3.42. The van der Waals surface area contributed by atoms with E-state index in [2.05, 4.69) is 20.4 Å². The lowest BCUT2D eigenvalue weighted by molar-refractivity contribution is 0.395. The van der Waals surface area contributed by atoms with Crippen molar-refractivity contribution in [2.24, 2.45) is 0 Å². The number of rotatable bonds is 6. The third-order valence-electron chi connectivity index (χ3n) is 4.28. The Morgan fingerprint density at radius 3 is 2.67 bits per heavy atom. The van der Waals surface area contributed by atoms with Crippen LogP contribution in [0.2, 0.25) is 0 Å². The molecule has 27 heavy (non-hydrogen) atoms. The first-order chi connectivity index (χ1) is 13.3. The Kier molecular flexibility index (Phi) is 4.57. The van der Waals surface area contributed by atoms with Crippen LogP contribution < -0.4 is 14.8 Å². The summed E-state index contributed by atoms with van der Waals surface area (Å²) in [7, 11) is 3.27. The summed E-state index contributed by atoms with van der Waals surface area (Å²) in [5.41, 5.74) is 3.48. The van der Waals surface area contributed by atoms with Crippen LogP contribution in [0, 0.1) is 0 Å². The summed E-state index contributed by atoms with van der Waals surface area (Å²) in [6.45, 7) is 0.598. The molecule has 0 spiro atoms. The Morgan fingerprint density at radius 1 is 0.963 bits per heavy atom. The van der Waals surface area contributed by atoms with E-state index in [0.717, 1.165) is 34.0 Å². The van der Waals surface area contributed by atoms with Gasteiger partial charge in [0.05, 0.1) is 38.2 Å². The Hall–Kier alpha value is -3.61. The van der Waals surface area contributed by atoms with E-state index >= 15 is 0 Å². The molecular weight excluding hydrogens is 342 g/mol. The van der Waals surface area contributed by atoms with Crippen LogP contribution in [0.1, 0.15) is 5.69 Å². The molecule has 0 radical (unpaired) electrons. The predicted molar refractivity (Wildman–Crippen MR) is 103 cm³/mol. The SMILES string of the molecule is COc1ccc(-c2cnn3c(NCc4ccccn4)ccnc23)c(OC)c1. The van der Waals surface area contributed by atoms with Crippen LogP contribution in [0.3, 0.4) is 0 Å². The highest BCUT2D eigenvalue weighted by atomic mass is 16.5. The van der Waals surface area contributed by atoms with Gasteiger partial charge in [0.1, 0.15) is 17.3 Å². The van der Waals surface area contributed by atoms with Gasteiger partial charge in [0.15, 0.2) is 5.65 Å². The molecule has 0 aliphatic rings. The van der Waals surface area contributed by atoms with E-state index in [9.17, 15) is 0 Å². The zero-order chi connectivity index (χ0) is 18.6. The molecule has 0 aliphatic carbocycles. The average Bonchev–Trinajstić information content (AvgIpc) is 3.17. The number of nitrogens with zero attached hydrogens (tertiary/aromatic N) is 4. The van der Waals surface area contributed by atoms with E-state index in [1.807, 2.05) is 42.5 Å². The maximum atomic E-state index is 5.53. The van der Waals surface area contributed by atoms with Crippen molar-refractivity contribution in [3.8, 4) is 22.6 Å². The first kappa shape index (κ1) is 16.8. The number of hydrogen-bond acceptors (Lipinski definition) is 6. The monoisotopic (exact) mass is 361 g/mol. The summed E-state index contributed by atoms with van der Waals surface area (Å²) in [5.74, 6) is 2.28. The normalized spacial score (nSPS) is 10.7. The second-order valence-electron chi connectivity index (χ2n) is 5.86. The molecule has 1 aromatic carbocycles. The van der Waals surface area contributed by atoms with Crippen molar-refractivity contribution in [2.75, 3.05) is 19.5 Å². The van der Waals surface area contributed by atoms with Gasteiger partial charge in [-0.15, -0.1) is 0 Å². The highest BCUT2D eigenvalue weighted by Gasteiger charge is 2.15. The van der Waals surface area contributed by atoms with Crippen molar-refractivity contribution in [3.63, 3.8) is 0 Å². The lowest BCUT2D eigenvalue weighted by atomic mass is 10.1. The van der Waals surface area contributed by atoms with Gasteiger partial charge in [-0.1, -0.05) is 6.07 Å². The number of ether oxygens (including phenoxy) is 2. The zero-order valence-corrected chi connectivity index (χ0v) is 15.1. The molecule has 7 nitrogen and oxygen atoms in total. The fourth-order valence-corrected chi connectivity index (χ4v) is 2.92. The number of hydrogen-bond donors (Lipinski definition) is 1. The Morgan fingerprint density at radius 2 is 1.89 bits per heavy atom. The lowest BCUT2D eigenvalue weighted by Crippen LogP contribution is -2.06. The quantitative estimate of drug-likeness (QED) is 0.567. The standard InChI is InChI=1S/C20H19N5O2/c1-26-15-6-7-16(18(11-15)27-2)17-13-24-25-19(8-10-22-20(17)25)23-12-14-5-3-4-9-21-14/h3-11,13,23H,12H2,1-2H3. The van der Waals surface area contributed by atoms with E-state index in [4.69, 9.17) is 9.47 Å². The maximum absolute atomic E-state index is 5.53. The summed E-state index contributed by atoms with van der Waals surface area (Å²) in [6, 6.07) is 13.4. The number of benzene rings is 1. The number of methoxy groups -OCH3 is 2. The van der Waals surface area contributed by atoms with E-state index in [1.165, 1.54) is 0 Å². The molecule has 136 valence electrons. The van der Waals surface area contributed by atoms with Gasteiger partial charge in [-0.3, -0.25) is 4.98 Å². The van der Waals surface area contributed by atoms with Crippen LogP contribution in [0.4, 0.5) is 5.82 Å². The first-order valence-electron chi connectivity index (χ1n) is 8.49. The third kappa shape index (κ3) is 3.27. The molecule has 7 heteroatoms. The van der Waals surface area contributed by atoms with Gasteiger partial charge >= 0.3 is 0 Å². The van der Waals surface area contributed by atoms with Gasteiger partial charge < -0.3 is 14.8 Å². The van der Waals surface area contributed by atoms with Crippen molar-refractivity contribution < 1.29 is 9.47 Å². The third-order valence-corrected chi connectivity index (χ3v) is 4.28. The number of pyridine rings is 1. The summed E-state index contributed by atoms with van der Waals surface area (Å²) in [5, 5.41) is 7.87. The highest BCUT2D eigenvalue weighted by Crippen LogP contribution is 2.35. The largest absolute Gasteiger partial charge is 0.497 e. The van der Waals surface area contributed by atoms with E-state index < -0.39 is 0 Å². The molecule has 3 aromatic heterocycles. The van der Waals surface area contributed by atoms with Gasteiger partial charge in [0.2, 0.25) is 0 Å². The molecule has 0 aliphatic heterocycles. The Bertz CT molecular complexity index is 1060. The smallest absolute Gasteiger partial charge is 0.165 e. The zero-order valence-electron chi connectivity index (χ0n) is 15.1. The molecular formula is C20H19N5O2. The molecule has 0 atom stereocenters. The van der Waals surface area contributed by atoms with Crippen molar-refractivity contribution in [1.29, 1.82) is 0 Å². The fourth-order valence-electron chi connectivity index (χ4n) is 2.92. The van der Waals surface area contributed by atoms with Gasteiger partial charge in [-0.05, 0) is 30.3 Å². The van der Waals surface area contributed by atoms with Crippen LogP contribution in [0.5, 0.6) is 11.5 Å². The topological polar surface area (TPSA) is 73.6 Å². The molecule has 0 amide bonds. The number of aromatic nitrogens is 4. The molecule has 0 saturated carbocycles. The molecule has 3 heterocycles. The van der Waals surface area contributed by atoms with Crippen molar-refractivity contribution >= 4 is 11.5 Å². The molecule has 1 N–H and O–H groups in total. The highest BCUT2D eigenvalue weighted by molar-refractivity contribution is 5.82. The first-order valence-corrected chi connectivity index (χ1v) is 8.49. The molecule has 0 fully saturated rings. The minimum atomic E-state index is 0.598. The van der Waals surface area contributed by atoms with Crippen LogP contribution in [0.15, 0.2) is 61.1 Å². The van der Waals surface area contributed by atoms with Crippen LogP contribution in [-0.4, -0.2) is 33.8 Å². The number of nitrogens with one attached hydrogen (secondary N) is 1. The number of anilines is 1. The Balaban J connectivity index is 1.70. The van der Waals surface area contributed by atoms with Crippen molar-refractivity contribution in [1.82, 2.24) is 19.6 Å². The molecule has 4 rings (SSSR count). The summed E-state index contributed by atoms with van der Waals surface area (Å²) in [6.07, 6.45) is 5.33. The average molecular weight is 361 g/mol. The molecule has 0 unspecified atom stereocenters. The van der Waals surface area contributed by atoms with Crippen LogP contribution in [-0.2, 0) is 6.54 Å².